The molecular weight excluding hydrogens is 250 g/mol. The van der Waals surface area contributed by atoms with Gasteiger partial charge in [-0.1, -0.05) is 48.5 Å². The highest BCUT2D eigenvalue weighted by Gasteiger charge is 2.17. The van der Waals surface area contributed by atoms with Crippen LogP contribution in [0, 0.1) is 0 Å². The van der Waals surface area contributed by atoms with Crippen LogP contribution < -0.4 is 5.32 Å². The number of carbonyl (C=O) groups excluding carboxylic acids is 1. The summed E-state index contributed by atoms with van der Waals surface area (Å²) in [5, 5.41) is 3.13. The second-order valence-corrected chi connectivity index (χ2v) is 4.71. The molecule has 0 bridgehead atoms. The van der Waals surface area contributed by atoms with Gasteiger partial charge in [0.1, 0.15) is 6.61 Å². The lowest BCUT2D eigenvalue weighted by molar-refractivity contribution is -0.140. The Hall–Kier alpha value is -2.55. The van der Waals surface area contributed by atoms with Crippen molar-refractivity contribution < 1.29 is 9.53 Å². The summed E-state index contributed by atoms with van der Waals surface area (Å²) in [4.78, 5) is 12.1. The molecule has 1 N–H and O–H groups in total. The fourth-order valence-electron chi connectivity index (χ4n) is 2.18. The second-order valence-electron chi connectivity index (χ2n) is 4.71. The first kappa shape index (κ1) is 12.5. The van der Waals surface area contributed by atoms with Gasteiger partial charge in [-0.05, 0) is 17.2 Å². The van der Waals surface area contributed by atoms with E-state index in [9.17, 15) is 4.79 Å². The van der Waals surface area contributed by atoms with Gasteiger partial charge < -0.3 is 10.1 Å². The highest BCUT2D eigenvalue weighted by molar-refractivity contribution is 5.90. The maximum atomic E-state index is 12.1. The van der Waals surface area contributed by atoms with Crippen LogP contribution in [0.5, 0.6) is 0 Å². The fraction of sp³-hybridized carbons (Fsp3) is 0.118. The smallest absolute Gasteiger partial charge is 0.336 e. The number of fused-ring (bicyclic) bond motifs is 1. The van der Waals surface area contributed by atoms with Crippen LogP contribution >= 0.6 is 0 Å². The molecule has 20 heavy (non-hydrogen) atoms. The molecule has 1 heterocycles. The maximum Gasteiger partial charge on any atom is 0.336 e. The molecule has 0 saturated carbocycles. The lowest BCUT2D eigenvalue weighted by Gasteiger charge is -2.17. The van der Waals surface area contributed by atoms with E-state index < -0.39 is 0 Å². The van der Waals surface area contributed by atoms with E-state index in [0.29, 0.717) is 18.6 Å². The molecule has 100 valence electrons. The Bertz CT molecular complexity index is 647. The van der Waals surface area contributed by atoms with Crippen LogP contribution in [0.4, 0.5) is 5.69 Å². The zero-order valence-electron chi connectivity index (χ0n) is 11.0. The van der Waals surface area contributed by atoms with Gasteiger partial charge in [0.25, 0.3) is 0 Å². The Labute approximate surface area is 117 Å². The highest BCUT2D eigenvalue weighted by atomic mass is 16.5. The molecule has 0 saturated heterocycles. The van der Waals surface area contributed by atoms with Crippen molar-refractivity contribution in [3.05, 3.63) is 77.5 Å². The van der Waals surface area contributed by atoms with Crippen molar-refractivity contribution in [1.82, 2.24) is 0 Å². The SMILES string of the molecule is O=C(OCc1ccccc1)C1=CNc2ccccc2C1. The summed E-state index contributed by atoms with van der Waals surface area (Å²) in [6, 6.07) is 17.6. The topological polar surface area (TPSA) is 38.3 Å². The molecule has 0 fully saturated rings. The Balaban J connectivity index is 1.63. The van der Waals surface area contributed by atoms with Crippen LogP contribution in [-0.2, 0) is 22.6 Å². The van der Waals surface area contributed by atoms with Crippen molar-refractivity contribution in [2.45, 2.75) is 13.0 Å². The van der Waals surface area contributed by atoms with Crippen LogP contribution in [0.3, 0.4) is 0 Å². The third-order valence-corrected chi connectivity index (χ3v) is 3.28. The number of hydrogen-bond donors (Lipinski definition) is 1. The molecule has 3 rings (SSSR count). The number of nitrogens with one attached hydrogen (secondary N) is 1. The predicted molar refractivity (Wildman–Crippen MR) is 78.1 cm³/mol. The molecule has 0 atom stereocenters. The summed E-state index contributed by atoms with van der Waals surface area (Å²) in [5.74, 6) is -0.268. The summed E-state index contributed by atoms with van der Waals surface area (Å²) < 4.78 is 5.34. The third-order valence-electron chi connectivity index (χ3n) is 3.28. The average Bonchev–Trinajstić information content (AvgIpc) is 2.53. The van der Waals surface area contributed by atoms with Gasteiger partial charge in [0.15, 0.2) is 0 Å². The number of esters is 1. The Morgan fingerprint density at radius 3 is 2.65 bits per heavy atom. The van der Waals surface area contributed by atoms with Gasteiger partial charge in [0.2, 0.25) is 0 Å². The molecule has 2 aromatic carbocycles. The Morgan fingerprint density at radius 2 is 1.80 bits per heavy atom. The van der Waals surface area contributed by atoms with Gasteiger partial charge in [-0.3, -0.25) is 0 Å². The zero-order valence-corrected chi connectivity index (χ0v) is 11.0. The molecule has 1 aliphatic rings. The minimum atomic E-state index is -0.268. The number of carbonyl (C=O) groups is 1. The highest BCUT2D eigenvalue weighted by Crippen LogP contribution is 2.24. The first-order valence-corrected chi connectivity index (χ1v) is 6.57. The van der Waals surface area contributed by atoms with Crippen molar-refractivity contribution in [3.63, 3.8) is 0 Å². The lowest BCUT2D eigenvalue weighted by atomic mass is 10.0. The largest absolute Gasteiger partial charge is 0.457 e. The Morgan fingerprint density at radius 1 is 1.05 bits per heavy atom. The van der Waals surface area contributed by atoms with Crippen molar-refractivity contribution >= 4 is 11.7 Å². The van der Waals surface area contributed by atoms with E-state index in [0.717, 1.165) is 16.8 Å². The molecule has 1 aliphatic heterocycles. The molecule has 0 spiro atoms. The summed E-state index contributed by atoms with van der Waals surface area (Å²) >= 11 is 0. The number of ether oxygens (including phenoxy) is 1. The van der Waals surface area contributed by atoms with Crippen molar-refractivity contribution in [2.24, 2.45) is 0 Å². The fourth-order valence-corrected chi connectivity index (χ4v) is 2.18. The molecule has 2 aromatic rings. The van der Waals surface area contributed by atoms with Crippen LogP contribution in [0.25, 0.3) is 0 Å². The van der Waals surface area contributed by atoms with Gasteiger partial charge in [-0.2, -0.15) is 0 Å². The first-order valence-electron chi connectivity index (χ1n) is 6.57. The molecular formula is C17H15NO2. The van der Waals surface area contributed by atoms with Gasteiger partial charge in [-0.15, -0.1) is 0 Å². The minimum Gasteiger partial charge on any atom is -0.457 e. The molecule has 0 aliphatic carbocycles. The number of anilines is 1. The van der Waals surface area contributed by atoms with Crippen LogP contribution in [0.15, 0.2) is 66.4 Å². The molecule has 0 aromatic heterocycles. The first-order chi connectivity index (χ1) is 9.83. The predicted octanol–water partition coefficient (Wildman–Crippen LogP) is 3.28. The number of rotatable bonds is 3. The van der Waals surface area contributed by atoms with E-state index in [1.807, 2.05) is 54.6 Å². The summed E-state index contributed by atoms with van der Waals surface area (Å²) in [5.41, 5.74) is 3.80. The normalized spacial score (nSPS) is 12.9. The minimum absolute atomic E-state index is 0.268. The lowest BCUT2D eigenvalue weighted by Crippen LogP contribution is -2.15. The summed E-state index contributed by atoms with van der Waals surface area (Å²) in [6.07, 6.45) is 2.34. The van der Waals surface area contributed by atoms with Crippen LogP contribution in [0.1, 0.15) is 11.1 Å². The summed E-state index contributed by atoms with van der Waals surface area (Å²) in [7, 11) is 0. The van der Waals surface area contributed by atoms with Crippen molar-refractivity contribution in [3.8, 4) is 0 Å². The van der Waals surface area contributed by atoms with E-state index in [1.165, 1.54) is 0 Å². The van der Waals surface area contributed by atoms with Gasteiger partial charge in [0.05, 0.1) is 5.57 Å². The van der Waals surface area contributed by atoms with Gasteiger partial charge in [-0.25, -0.2) is 4.79 Å². The van der Waals surface area contributed by atoms with Gasteiger partial charge in [0, 0.05) is 18.3 Å². The van der Waals surface area contributed by atoms with Crippen LogP contribution in [-0.4, -0.2) is 5.97 Å². The molecule has 0 radical (unpaired) electrons. The van der Waals surface area contributed by atoms with E-state index in [1.54, 1.807) is 6.20 Å². The van der Waals surface area contributed by atoms with E-state index in [4.69, 9.17) is 4.74 Å². The third kappa shape index (κ3) is 2.72. The molecule has 0 amide bonds. The Kier molecular flexibility index (Phi) is 3.50. The quantitative estimate of drug-likeness (QED) is 0.865. The van der Waals surface area contributed by atoms with Gasteiger partial charge >= 0.3 is 5.97 Å². The number of benzene rings is 2. The summed E-state index contributed by atoms with van der Waals surface area (Å²) in [6.45, 7) is 0.304. The molecule has 3 heteroatoms. The van der Waals surface area contributed by atoms with Crippen molar-refractivity contribution in [1.29, 1.82) is 0 Å². The number of para-hydroxylation sites is 1. The van der Waals surface area contributed by atoms with E-state index in [2.05, 4.69) is 5.32 Å². The van der Waals surface area contributed by atoms with E-state index in [-0.39, 0.29) is 5.97 Å². The van der Waals surface area contributed by atoms with Crippen molar-refractivity contribution in [2.75, 3.05) is 5.32 Å². The molecule has 0 unspecified atom stereocenters. The van der Waals surface area contributed by atoms with Crippen LogP contribution in [0.2, 0.25) is 0 Å². The average molecular weight is 265 g/mol. The maximum absolute atomic E-state index is 12.1. The second kappa shape index (κ2) is 5.61. The van der Waals surface area contributed by atoms with E-state index >= 15 is 0 Å². The number of hydrogen-bond acceptors (Lipinski definition) is 3. The standard InChI is InChI=1S/C17H15NO2/c19-17(20-12-13-6-2-1-3-7-13)15-10-14-8-4-5-9-16(14)18-11-15/h1-9,11,18H,10,12H2. The monoisotopic (exact) mass is 265 g/mol. The molecule has 3 nitrogen and oxygen atoms in total. The zero-order chi connectivity index (χ0) is 13.8.